The van der Waals surface area contributed by atoms with E-state index in [2.05, 4.69) is 4.98 Å². The van der Waals surface area contributed by atoms with Crippen molar-refractivity contribution in [2.75, 3.05) is 13.1 Å². The maximum absolute atomic E-state index is 12.0. The average molecular weight is 260 g/mol. The van der Waals surface area contributed by atoms with Gasteiger partial charge in [0.1, 0.15) is 6.54 Å². The van der Waals surface area contributed by atoms with E-state index in [0.717, 1.165) is 18.4 Å². The predicted octanol–water partition coefficient (Wildman–Crippen LogP) is 1.42. The summed E-state index contributed by atoms with van der Waals surface area (Å²) in [6, 6.07) is 3.61. The van der Waals surface area contributed by atoms with Crippen molar-refractivity contribution in [3.63, 3.8) is 0 Å². The summed E-state index contributed by atoms with van der Waals surface area (Å²) in [5.74, 6) is -0.781. The maximum atomic E-state index is 12.0. The number of aliphatic carboxylic acids is 1. The summed E-state index contributed by atoms with van der Waals surface area (Å²) in [4.78, 5) is 28.1. The van der Waals surface area contributed by atoms with Crippen molar-refractivity contribution < 1.29 is 14.7 Å². The van der Waals surface area contributed by atoms with Crippen LogP contribution in [-0.4, -0.2) is 40.0 Å². The van der Waals surface area contributed by atoms with Crippen molar-refractivity contribution >= 4 is 18.0 Å². The Morgan fingerprint density at radius 1 is 1.47 bits per heavy atom. The quantitative estimate of drug-likeness (QED) is 0.785. The molecule has 1 fully saturated rings. The third kappa shape index (κ3) is 4.54. The lowest BCUT2D eigenvalue weighted by molar-refractivity contribution is -0.142. The molecule has 1 aromatic rings. The van der Waals surface area contributed by atoms with Gasteiger partial charge in [-0.2, -0.15) is 0 Å². The summed E-state index contributed by atoms with van der Waals surface area (Å²) in [5.41, 5.74) is 0.817. The topological polar surface area (TPSA) is 70.5 Å². The highest BCUT2D eigenvalue weighted by atomic mass is 16.4. The van der Waals surface area contributed by atoms with Crippen LogP contribution in [0.2, 0.25) is 0 Å². The first-order valence-corrected chi connectivity index (χ1v) is 6.24. The molecule has 0 unspecified atom stereocenters. The Morgan fingerprint density at radius 2 is 2.26 bits per heavy atom. The number of rotatable bonds is 6. The van der Waals surface area contributed by atoms with Crippen LogP contribution < -0.4 is 0 Å². The molecule has 0 saturated heterocycles. The summed E-state index contributed by atoms with van der Waals surface area (Å²) in [6.07, 6.45) is 8.51. The zero-order valence-corrected chi connectivity index (χ0v) is 10.5. The SMILES string of the molecule is O=C(O)CN(CC1CC1)C(=O)/C=C/c1cccnc1. The largest absolute Gasteiger partial charge is 0.480 e. The van der Waals surface area contributed by atoms with Gasteiger partial charge in [-0.1, -0.05) is 6.07 Å². The smallest absolute Gasteiger partial charge is 0.323 e. The first-order valence-electron chi connectivity index (χ1n) is 6.24. The molecule has 0 aliphatic heterocycles. The molecule has 1 aliphatic carbocycles. The zero-order valence-electron chi connectivity index (χ0n) is 10.5. The molecular formula is C14H16N2O3. The van der Waals surface area contributed by atoms with E-state index in [-0.39, 0.29) is 12.5 Å². The monoisotopic (exact) mass is 260 g/mol. The van der Waals surface area contributed by atoms with E-state index in [1.54, 1.807) is 24.5 Å². The molecule has 1 saturated carbocycles. The fourth-order valence-corrected chi connectivity index (χ4v) is 1.76. The van der Waals surface area contributed by atoms with Crippen LogP contribution in [0.15, 0.2) is 30.6 Å². The first kappa shape index (κ1) is 13.3. The number of hydrogen-bond acceptors (Lipinski definition) is 3. The van der Waals surface area contributed by atoms with Gasteiger partial charge in [0.15, 0.2) is 0 Å². The van der Waals surface area contributed by atoms with Crippen LogP contribution in [-0.2, 0) is 9.59 Å². The summed E-state index contributed by atoms with van der Waals surface area (Å²) in [6.45, 7) is 0.287. The Labute approximate surface area is 111 Å². The lowest BCUT2D eigenvalue weighted by Crippen LogP contribution is -2.36. The summed E-state index contributed by atoms with van der Waals surface area (Å²) in [5, 5.41) is 8.82. The van der Waals surface area contributed by atoms with Gasteiger partial charge in [-0.3, -0.25) is 14.6 Å². The lowest BCUT2D eigenvalue weighted by Gasteiger charge is -2.18. The van der Waals surface area contributed by atoms with Crippen molar-refractivity contribution in [3.05, 3.63) is 36.2 Å². The van der Waals surface area contributed by atoms with Crippen LogP contribution >= 0.6 is 0 Å². The second kappa shape index (κ2) is 6.13. The molecule has 2 rings (SSSR count). The van der Waals surface area contributed by atoms with Crippen molar-refractivity contribution in [1.29, 1.82) is 0 Å². The van der Waals surface area contributed by atoms with Crippen LogP contribution in [0, 0.1) is 5.92 Å². The lowest BCUT2D eigenvalue weighted by atomic mass is 10.2. The molecule has 1 amide bonds. The van der Waals surface area contributed by atoms with Crippen LogP contribution in [0.1, 0.15) is 18.4 Å². The molecule has 100 valence electrons. The van der Waals surface area contributed by atoms with Crippen molar-refractivity contribution in [1.82, 2.24) is 9.88 Å². The number of pyridine rings is 1. The van der Waals surface area contributed by atoms with Gasteiger partial charge in [0.05, 0.1) is 0 Å². The molecule has 1 aromatic heterocycles. The normalized spacial score (nSPS) is 14.5. The molecular weight excluding hydrogens is 244 g/mol. The molecule has 0 aromatic carbocycles. The highest BCUT2D eigenvalue weighted by Gasteiger charge is 2.26. The Hall–Kier alpha value is -2.17. The number of amides is 1. The number of carbonyl (C=O) groups is 2. The molecule has 0 spiro atoms. The Bertz CT molecular complexity index is 481. The van der Waals surface area contributed by atoms with Gasteiger partial charge >= 0.3 is 5.97 Å². The zero-order chi connectivity index (χ0) is 13.7. The minimum absolute atomic E-state index is 0.243. The van der Waals surface area contributed by atoms with E-state index >= 15 is 0 Å². The van der Waals surface area contributed by atoms with E-state index in [4.69, 9.17) is 5.11 Å². The molecule has 19 heavy (non-hydrogen) atoms. The second-order valence-corrected chi connectivity index (χ2v) is 4.68. The summed E-state index contributed by atoms with van der Waals surface area (Å²) < 4.78 is 0. The van der Waals surface area contributed by atoms with Gasteiger partial charge in [0, 0.05) is 25.0 Å². The van der Waals surface area contributed by atoms with E-state index in [0.29, 0.717) is 12.5 Å². The molecule has 0 bridgehead atoms. The summed E-state index contributed by atoms with van der Waals surface area (Å²) >= 11 is 0. The van der Waals surface area contributed by atoms with E-state index in [1.807, 2.05) is 6.07 Å². The Kier molecular flexibility index (Phi) is 4.28. The third-order valence-corrected chi connectivity index (χ3v) is 2.92. The van der Waals surface area contributed by atoms with Gasteiger partial charge in [-0.15, -0.1) is 0 Å². The summed E-state index contributed by atoms with van der Waals surface area (Å²) in [7, 11) is 0. The number of carbonyl (C=O) groups excluding carboxylic acids is 1. The minimum atomic E-state index is -0.983. The standard InChI is InChI=1S/C14H16N2O3/c17-13(6-5-11-2-1-7-15-8-11)16(10-14(18)19)9-12-3-4-12/h1-2,5-8,12H,3-4,9-10H2,(H,18,19)/b6-5+. The van der Waals surface area contributed by atoms with Crippen molar-refractivity contribution in [3.8, 4) is 0 Å². The van der Waals surface area contributed by atoms with Gasteiger partial charge < -0.3 is 10.0 Å². The van der Waals surface area contributed by atoms with Crippen LogP contribution in [0.25, 0.3) is 6.08 Å². The third-order valence-electron chi connectivity index (χ3n) is 2.92. The highest BCUT2D eigenvalue weighted by molar-refractivity contribution is 5.93. The maximum Gasteiger partial charge on any atom is 0.323 e. The minimum Gasteiger partial charge on any atom is -0.480 e. The fraction of sp³-hybridized carbons (Fsp3) is 0.357. The van der Waals surface area contributed by atoms with E-state index in [1.165, 1.54) is 11.0 Å². The number of carboxylic acid groups (broad SMARTS) is 1. The van der Waals surface area contributed by atoms with Gasteiger partial charge in [-0.25, -0.2) is 0 Å². The van der Waals surface area contributed by atoms with Crippen molar-refractivity contribution in [2.24, 2.45) is 5.92 Å². The number of aromatic nitrogens is 1. The number of nitrogens with zero attached hydrogens (tertiary/aromatic N) is 2. The number of hydrogen-bond donors (Lipinski definition) is 1. The van der Waals surface area contributed by atoms with E-state index in [9.17, 15) is 9.59 Å². The molecule has 0 atom stereocenters. The average Bonchev–Trinajstić information content (AvgIpc) is 3.20. The van der Waals surface area contributed by atoms with Gasteiger partial charge in [0.2, 0.25) is 5.91 Å². The van der Waals surface area contributed by atoms with Crippen LogP contribution in [0.5, 0.6) is 0 Å². The Morgan fingerprint density at radius 3 is 2.84 bits per heavy atom. The number of carboxylic acids is 1. The Balaban J connectivity index is 1.97. The van der Waals surface area contributed by atoms with Crippen LogP contribution in [0.4, 0.5) is 0 Å². The first-order chi connectivity index (χ1) is 9.15. The molecule has 1 N–H and O–H groups in total. The van der Waals surface area contributed by atoms with Crippen LogP contribution in [0.3, 0.4) is 0 Å². The molecule has 5 heteroatoms. The highest BCUT2D eigenvalue weighted by Crippen LogP contribution is 2.29. The molecule has 1 heterocycles. The van der Waals surface area contributed by atoms with Crippen molar-refractivity contribution in [2.45, 2.75) is 12.8 Å². The predicted molar refractivity (Wildman–Crippen MR) is 70.2 cm³/mol. The fourth-order valence-electron chi connectivity index (χ4n) is 1.76. The van der Waals surface area contributed by atoms with Gasteiger partial charge in [0.25, 0.3) is 0 Å². The molecule has 1 aliphatic rings. The molecule has 0 radical (unpaired) electrons. The second-order valence-electron chi connectivity index (χ2n) is 4.68. The van der Waals surface area contributed by atoms with Gasteiger partial charge in [-0.05, 0) is 36.5 Å². The molecule has 5 nitrogen and oxygen atoms in total. The van der Waals surface area contributed by atoms with E-state index < -0.39 is 5.97 Å².